The molecule has 1 aromatic rings. The number of nitrogens with two attached hydrogens (primary N) is 1. The fourth-order valence-electron chi connectivity index (χ4n) is 3.22. The van der Waals surface area contributed by atoms with Gasteiger partial charge >= 0.3 is 0 Å². The largest absolute Gasteiger partial charge is 0.384 e. The normalized spacial score (nSPS) is 21.9. The summed E-state index contributed by atoms with van der Waals surface area (Å²) in [4.78, 5) is 7.05. The Kier molecular flexibility index (Phi) is 3.61. The van der Waals surface area contributed by atoms with Gasteiger partial charge in [0.2, 0.25) is 0 Å². The number of nitrogens with one attached hydrogen (secondary N) is 1. The number of hydrogen-bond donors (Lipinski definition) is 2. The third kappa shape index (κ3) is 2.38. The Morgan fingerprint density at radius 3 is 3.05 bits per heavy atom. The van der Waals surface area contributed by atoms with Crippen molar-refractivity contribution in [1.29, 1.82) is 5.41 Å². The van der Waals surface area contributed by atoms with Gasteiger partial charge < -0.3 is 15.4 Å². The summed E-state index contributed by atoms with van der Waals surface area (Å²) in [5.41, 5.74) is 9.00. The second-order valence-corrected chi connectivity index (χ2v) is 5.68. The zero-order valence-corrected chi connectivity index (χ0v) is 12.0. The fourth-order valence-corrected chi connectivity index (χ4v) is 3.22. The van der Waals surface area contributed by atoms with Crippen molar-refractivity contribution in [3.05, 3.63) is 22.9 Å². The molecule has 1 unspecified atom stereocenters. The van der Waals surface area contributed by atoms with Gasteiger partial charge in [-0.05, 0) is 43.7 Å². The van der Waals surface area contributed by atoms with Gasteiger partial charge in [0.25, 0.3) is 0 Å². The highest BCUT2D eigenvalue weighted by Gasteiger charge is 2.25. The smallest absolute Gasteiger partial charge is 0.139 e. The van der Waals surface area contributed by atoms with E-state index >= 15 is 0 Å². The molecule has 0 saturated carbocycles. The highest BCUT2D eigenvalue weighted by molar-refractivity contribution is 6.00. The van der Waals surface area contributed by atoms with Crippen molar-refractivity contribution in [1.82, 2.24) is 4.98 Å². The number of piperidine rings is 1. The van der Waals surface area contributed by atoms with Gasteiger partial charge in [-0.15, -0.1) is 0 Å². The van der Waals surface area contributed by atoms with Crippen LogP contribution in [0.4, 0.5) is 5.82 Å². The predicted molar refractivity (Wildman–Crippen MR) is 79.5 cm³/mol. The van der Waals surface area contributed by atoms with Crippen LogP contribution in [0.15, 0.2) is 6.07 Å². The molecular weight excluding hydrogens is 252 g/mol. The number of pyridine rings is 1. The molecule has 2 aliphatic rings. The summed E-state index contributed by atoms with van der Waals surface area (Å²) in [6.45, 7) is 1.80. The zero-order valence-electron chi connectivity index (χ0n) is 12.0. The van der Waals surface area contributed by atoms with E-state index in [2.05, 4.69) is 11.0 Å². The summed E-state index contributed by atoms with van der Waals surface area (Å²) in [6.07, 6.45) is 5.69. The van der Waals surface area contributed by atoms with Gasteiger partial charge in [-0.1, -0.05) is 0 Å². The van der Waals surface area contributed by atoms with Crippen molar-refractivity contribution in [2.45, 2.75) is 38.2 Å². The molecule has 3 N–H and O–H groups in total. The number of hydrogen-bond acceptors (Lipinski definition) is 4. The van der Waals surface area contributed by atoms with Crippen molar-refractivity contribution in [3.8, 4) is 0 Å². The summed E-state index contributed by atoms with van der Waals surface area (Å²) in [5, 5.41) is 7.83. The number of aryl methyl sites for hydroxylation is 2. The lowest BCUT2D eigenvalue weighted by Crippen LogP contribution is -2.41. The molecule has 1 aromatic heterocycles. The number of rotatable bonds is 3. The van der Waals surface area contributed by atoms with Crippen LogP contribution < -0.4 is 10.6 Å². The molecule has 108 valence electrons. The van der Waals surface area contributed by atoms with Crippen LogP contribution in [0.1, 0.15) is 36.1 Å². The molecule has 3 rings (SSSR count). The highest BCUT2D eigenvalue weighted by Crippen LogP contribution is 2.29. The number of anilines is 1. The van der Waals surface area contributed by atoms with E-state index in [-0.39, 0.29) is 11.9 Å². The van der Waals surface area contributed by atoms with E-state index in [0.717, 1.165) is 56.6 Å². The number of fused-ring (bicyclic) bond motifs is 1. The molecule has 0 spiro atoms. The van der Waals surface area contributed by atoms with Crippen molar-refractivity contribution >= 4 is 11.7 Å². The maximum Gasteiger partial charge on any atom is 0.139 e. The molecular formula is C15H22N4O. The lowest BCUT2D eigenvalue weighted by molar-refractivity contribution is 0.0891. The quantitative estimate of drug-likeness (QED) is 0.646. The number of nitrogens with zero attached hydrogens (tertiary/aromatic N) is 2. The fraction of sp³-hybridized carbons (Fsp3) is 0.600. The topological polar surface area (TPSA) is 75.2 Å². The van der Waals surface area contributed by atoms with Gasteiger partial charge in [-0.25, -0.2) is 4.98 Å². The first-order valence-electron chi connectivity index (χ1n) is 7.34. The lowest BCUT2D eigenvalue weighted by Gasteiger charge is -2.34. The van der Waals surface area contributed by atoms with Crippen LogP contribution in [0, 0.1) is 5.41 Å². The van der Waals surface area contributed by atoms with Crippen molar-refractivity contribution in [2.75, 3.05) is 25.1 Å². The van der Waals surface area contributed by atoms with E-state index in [1.807, 2.05) is 0 Å². The number of amidine groups is 1. The molecule has 1 fully saturated rings. The van der Waals surface area contributed by atoms with E-state index in [1.54, 1.807) is 7.11 Å². The molecule has 1 saturated heterocycles. The maximum absolute atomic E-state index is 7.83. The summed E-state index contributed by atoms with van der Waals surface area (Å²) >= 11 is 0. The molecule has 0 radical (unpaired) electrons. The van der Waals surface area contributed by atoms with E-state index in [9.17, 15) is 0 Å². The number of aromatic nitrogens is 1. The number of nitrogen functional groups attached to an aromatic ring is 1. The molecule has 5 nitrogen and oxygen atoms in total. The molecule has 2 heterocycles. The minimum Gasteiger partial charge on any atom is -0.384 e. The van der Waals surface area contributed by atoms with Crippen LogP contribution in [0.2, 0.25) is 0 Å². The number of ether oxygens (including phenoxy) is 1. The van der Waals surface area contributed by atoms with Gasteiger partial charge in [0.1, 0.15) is 11.7 Å². The monoisotopic (exact) mass is 274 g/mol. The van der Waals surface area contributed by atoms with E-state index in [4.69, 9.17) is 20.9 Å². The van der Waals surface area contributed by atoms with Gasteiger partial charge in [-0.2, -0.15) is 0 Å². The average molecular weight is 274 g/mol. The molecule has 0 amide bonds. The Morgan fingerprint density at radius 2 is 2.30 bits per heavy atom. The second-order valence-electron chi connectivity index (χ2n) is 5.68. The van der Waals surface area contributed by atoms with Crippen LogP contribution in [-0.4, -0.2) is 37.1 Å². The Balaban J connectivity index is 1.97. The SMILES string of the molecule is COC1CCCN(c2nc3c(cc2C(=N)N)CCC3)C1. The van der Waals surface area contributed by atoms with Crippen LogP contribution in [0.25, 0.3) is 0 Å². The Labute approximate surface area is 119 Å². The van der Waals surface area contributed by atoms with Gasteiger partial charge in [0.15, 0.2) is 0 Å². The zero-order chi connectivity index (χ0) is 14.1. The van der Waals surface area contributed by atoms with Gasteiger partial charge in [-0.3, -0.25) is 5.41 Å². The molecule has 5 heteroatoms. The summed E-state index contributed by atoms with van der Waals surface area (Å²) in [7, 11) is 1.76. The number of methoxy groups -OCH3 is 1. The van der Waals surface area contributed by atoms with Crippen LogP contribution in [-0.2, 0) is 17.6 Å². The average Bonchev–Trinajstić information content (AvgIpc) is 2.93. The first-order valence-corrected chi connectivity index (χ1v) is 7.34. The van der Waals surface area contributed by atoms with Crippen molar-refractivity contribution in [2.24, 2.45) is 5.73 Å². The van der Waals surface area contributed by atoms with Crippen molar-refractivity contribution in [3.63, 3.8) is 0 Å². The molecule has 1 atom stereocenters. The maximum atomic E-state index is 7.83. The Morgan fingerprint density at radius 1 is 1.45 bits per heavy atom. The summed E-state index contributed by atoms with van der Waals surface area (Å²) in [6, 6.07) is 2.07. The Bertz CT molecular complexity index is 529. The summed E-state index contributed by atoms with van der Waals surface area (Å²) in [5.74, 6) is 0.988. The second kappa shape index (κ2) is 5.40. The minimum absolute atomic E-state index is 0.113. The van der Waals surface area contributed by atoms with Gasteiger partial charge in [0, 0.05) is 25.9 Å². The first kappa shape index (κ1) is 13.4. The van der Waals surface area contributed by atoms with Crippen LogP contribution in [0.5, 0.6) is 0 Å². The van der Waals surface area contributed by atoms with Crippen molar-refractivity contribution < 1.29 is 4.74 Å². The van der Waals surface area contributed by atoms with E-state index in [0.29, 0.717) is 0 Å². The highest BCUT2D eigenvalue weighted by atomic mass is 16.5. The Hall–Kier alpha value is -1.62. The lowest BCUT2D eigenvalue weighted by atomic mass is 10.1. The molecule has 20 heavy (non-hydrogen) atoms. The molecule has 0 bridgehead atoms. The molecule has 0 aromatic carbocycles. The van der Waals surface area contributed by atoms with E-state index < -0.39 is 0 Å². The molecule has 1 aliphatic heterocycles. The minimum atomic E-state index is 0.113. The van der Waals surface area contributed by atoms with Gasteiger partial charge in [0.05, 0.1) is 11.7 Å². The first-order chi connectivity index (χ1) is 9.69. The van der Waals surface area contributed by atoms with Crippen LogP contribution >= 0.6 is 0 Å². The molecule has 1 aliphatic carbocycles. The predicted octanol–water partition coefficient (Wildman–Crippen LogP) is 1.47. The standard InChI is InChI=1S/C15H22N4O/c1-20-11-5-3-7-19(9-11)15-12(14(16)17)8-10-4-2-6-13(10)18-15/h8,11H,2-7,9H2,1H3,(H3,16,17). The van der Waals surface area contributed by atoms with E-state index in [1.165, 1.54) is 11.3 Å². The van der Waals surface area contributed by atoms with Crippen LogP contribution in [0.3, 0.4) is 0 Å². The summed E-state index contributed by atoms with van der Waals surface area (Å²) < 4.78 is 5.48. The third-order valence-electron chi connectivity index (χ3n) is 4.33. The third-order valence-corrected chi connectivity index (χ3v) is 4.33.